The number of aromatic nitrogens is 1. The quantitative estimate of drug-likeness (QED) is 0.761. The standard InChI is InChI=1S/C18H11FN2O2/c19-12-8-6-11(7-9-12)16-14-13(17(22)21-16)15(20-18(14)23)10-4-2-1-3-5-10/h1-9,20,23H. The second-order valence-corrected chi connectivity index (χ2v) is 5.24. The van der Waals surface area contributed by atoms with E-state index in [-0.39, 0.29) is 11.7 Å². The number of hydrogen-bond acceptors (Lipinski definition) is 2. The van der Waals surface area contributed by atoms with Gasteiger partial charge in [0.15, 0.2) is 5.88 Å². The van der Waals surface area contributed by atoms with Gasteiger partial charge >= 0.3 is 0 Å². The first-order valence-corrected chi connectivity index (χ1v) is 7.05. The monoisotopic (exact) mass is 306 g/mol. The minimum absolute atomic E-state index is 0.118. The molecule has 1 aliphatic rings. The molecule has 0 radical (unpaired) electrons. The minimum Gasteiger partial charge on any atom is -0.494 e. The molecule has 5 heteroatoms. The number of rotatable bonds is 2. The maximum absolute atomic E-state index is 13.1. The topological polar surface area (TPSA) is 65.4 Å². The second kappa shape index (κ2) is 4.91. The number of aromatic amines is 1. The van der Waals surface area contributed by atoms with Gasteiger partial charge in [0.25, 0.3) is 5.91 Å². The van der Waals surface area contributed by atoms with Crippen molar-refractivity contribution in [3.63, 3.8) is 0 Å². The minimum atomic E-state index is -0.422. The molecule has 4 nitrogen and oxygen atoms in total. The molecular weight excluding hydrogens is 295 g/mol. The summed E-state index contributed by atoms with van der Waals surface area (Å²) in [7, 11) is 0. The lowest BCUT2D eigenvalue weighted by molar-refractivity contribution is 0.101. The van der Waals surface area contributed by atoms with Crippen LogP contribution in [0.15, 0.2) is 59.6 Å². The summed E-state index contributed by atoms with van der Waals surface area (Å²) < 4.78 is 13.1. The van der Waals surface area contributed by atoms with Crippen LogP contribution >= 0.6 is 0 Å². The number of carbonyl (C=O) groups is 1. The molecule has 1 aromatic heterocycles. The van der Waals surface area contributed by atoms with Crippen molar-refractivity contribution in [2.24, 2.45) is 4.99 Å². The molecule has 23 heavy (non-hydrogen) atoms. The van der Waals surface area contributed by atoms with E-state index in [4.69, 9.17) is 0 Å². The van der Waals surface area contributed by atoms with Crippen LogP contribution in [-0.2, 0) is 0 Å². The predicted molar refractivity (Wildman–Crippen MR) is 84.3 cm³/mol. The Bertz CT molecular complexity index is 941. The van der Waals surface area contributed by atoms with Crippen molar-refractivity contribution < 1.29 is 14.3 Å². The third-order valence-electron chi connectivity index (χ3n) is 3.82. The van der Waals surface area contributed by atoms with Crippen molar-refractivity contribution in [2.75, 3.05) is 0 Å². The molecule has 112 valence electrons. The molecule has 0 fully saturated rings. The Labute approximate surface area is 130 Å². The fourth-order valence-corrected chi connectivity index (χ4v) is 2.78. The lowest BCUT2D eigenvalue weighted by Crippen LogP contribution is -1.99. The van der Waals surface area contributed by atoms with Crippen LogP contribution in [0.25, 0.3) is 11.3 Å². The van der Waals surface area contributed by atoms with E-state index >= 15 is 0 Å². The Hall–Kier alpha value is -3.21. The van der Waals surface area contributed by atoms with E-state index in [1.165, 1.54) is 24.3 Å². The number of fused-ring (bicyclic) bond motifs is 1. The van der Waals surface area contributed by atoms with Crippen LogP contribution in [0.5, 0.6) is 5.88 Å². The molecule has 0 unspecified atom stereocenters. The second-order valence-electron chi connectivity index (χ2n) is 5.24. The van der Waals surface area contributed by atoms with E-state index in [0.29, 0.717) is 28.1 Å². The molecule has 0 saturated carbocycles. The summed E-state index contributed by atoms with van der Waals surface area (Å²) in [4.78, 5) is 19.2. The molecule has 0 spiro atoms. The highest BCUT2D eigenvalue weighted by atomic mass is 19.1. The maximum atomic E-state index is 13.1. The predicted octanol–water partition coefficient (Wildman–Crippen LogP) is 3.52. The number of aliphatic imine (C=N–C) groups is 1. The highest BCUT2D eigenvalue weighted by Gasteiger charge is 2.33. The molecule has 3 aromatic rings. The van der Waals surface area contributed by atoms with Crippen LogP contribution in [0.3, 0.4) is 0 Å². The van der Waals surface area contributed by atoms with Crippen molar-refractivity contribution in [2.45, 2.75) is 0 Å². The van der Waals surface area contributed by atoms with Gasteiger partial charge in [-0.25, -0.2) is 9.38 Å². The number of hydrogen-bond donors (Lipinski definition) is 2. The fourth-order valence-electron chi connectivity index (χ4n) is 2.78. The zero-order valence-electron chi connectivity index (χ0n) is 11.9. The van der Waals surface area contributed by atoms with Gasteiger partial charge in [-0.15, -0.1) is 0 Å². The number of nitrogens with one attached hydrogen (secondary N) is 1. The molecule has 2 aromatic carbocycles. The van der Waals surface area contributed by atoms with Gasteiger partial charge in [-0.1, -0.05) is 30.3 Å². The van der Waals surface area contributed by atoms with Gasteiger partial charge in [0.1, 0.15) is 5.82 Å². The first-order chi connectivity index (χ1) is 11.1. The number of nitrogens with zero attached hydrogens (tertiary/aromatic N) is 1. The van der Waals surface area contributed by atoms with Gasteiger partial charge in [-0.3, -0.25) is 4.79 Å². The van der Waals surface area contributed by atoms with Crippen LogP contribution in [0.1, 0.15) is 21.5 Å². The average Bonchev–Trinajstić information content (AvgIpc) is 3.09. The molecule has 0 saturated heterocycles. The van der Waals surface area contributed by atoms with Crippen molar-refractivity contribution >= 4 is 11.6 Å². The summed E-state index contributed by atoms with van der Waals surface area (Å²) in [6.45, 7) is 0. The van der Waals surface area contributed by atoms with Crippen molar-refractivity contribution in [3.05, 3.63) is 77.1 Å². The van der Waals surface area contributed by atoms with Gasteiger partial charge in [0.2, 0.25) is 0 Å². The third-order valence-corrected chi connectivity index (χ3v) is 3.82. The SMILES string of the molecule is O=C1N=C(c2ccc(F)cc2)c2c(O)[nH]c(-c3ccccc3)c21. The Morgan fingerprint density at radius 3 is 2.30 bits per heavy atom. The molecule has 0 bridgehead atoms. The van der Waals surface area contributed by atoms with Crippen LogP contribution in [0.4, 0.5) is 4.39 Å². The maximum Gasteiger partial charge on any atom is 0.280 e. The van der Waals surface area contributed by atoms with Crippen LogP contribution in [0, 0.1) is 5.82 Å². The number of aromatic hydroxyl groups is 1. The summed E-state index contributed by atoms with van der Waals surface area (Å²) in [5, 5.41) is 10.3. The largest absolute Gasteiger partial charge is 0.494 e. The Kier molecular flexibility index (Phi) is 2.87. The molecule has 2 N–H and O–H groups in total. The lowest BCUT2D eigenvalue weighted by atomic mass is 10.0. The highest BCUT2D eigenvalue weighted by molar-refractivity contribution is 6.30. The molecule has 4 rings (SSSR count). The number of H-pyrrole nitrogens is 1. The molecule has 0 aliphatic carbocycles. The summed E-state index contributed by atoms with van der Waals surface area (Å²) >= 11 is 0. The molecule has 0 atom stereocenters. The van der Waals surface area contributed by atoms with Crippen LogP contribution in [0.2, 0.25) is 0 Å². The number of benzene rings is 2. The summed E-state index contributed by atoms with van der Waals surface area (Å²) in [5.41, 5.74) is 2.94. The zero-order chi connectivity index (χ0) is 16.0. The van der Waals surface area contributed by atoms with Crippen LogP contribution < -0.4 is 0 Å². The molecular formula is C18H11FN2O2. The Morgan fingerprint density at radius 2 is 1.61 bits per heavy atom. The average molecular weight is 306 g/mol. The summed E-state index contributed by atoms with van der Waals surface area (Å²) in [6.07, 6.45) is 0. The van der Waals surface area contributed by atoms with E-state index in [1.54, 1.807) is 0 Å². The van der Waals surface area contributed by atoms with E-state index in [2.05, 4.69) is 9.98 Å². The van der Waals surface area contributed by atoms with E-state index in [0.717, 1.165) is 5.56 Å². The highest BCUT2D eigenvalue weighted by Crippen LogP contribution is 2.37. The first-order valence-electron chi connectivity index (χ1n) is 7.05. The smallest absolute Gasteiger partial charge is 0.280 e. The van der Waals surface area contributed by atoms with Gasteiger partial charge < -0.3 is 10.1 Å². The van der Waals surface area contributed by atoms with E-state index in [9.17, 15) is 14.3 Å². The summed E-state index contributed by atoms with van der Waals surface area (Å²) in [5.74, 6) is -0.912. The van der Waals surface area contributed by atoms with Gasteiger partial charge in [-0.05, 0) is 29.8 Å². The Balaban J connectivity index is 1.89. The van der Waals surface area contributed by atoms with Gasteiger partial charge in [-0.2, -0.15) is 0 Å². The van der Waals surface area contributed by atoms with E-state index in [1.807, 2.05) is 30.3 Å². The van der Waals surface area contributed by atoms with Crippen molar-refractivity contribution in [3.8, 4) is 17.1 Å². The first kappa shape index (κ1) is 13.5. The zero-order valence-corrected chi connectivity index (χ0v) is 11.9. The molecule has 1 amide bonds. The Morgan fingerprint density at radius 1 is 0.913 bits per heavy atom. The fraction of sp³-hybridized carbons (Fsp3) is 0. The normalized spacial score (nSPS) is 13.1. The van der Waals surface area contributed by atoms with Crippen molar-refractivity contribution in [1.29, 1.82) is 0 Å². The molecule has 2 heterocycles. The van der Waals surface area contributed by atoms with Crippen molar-refractivity contribution in [1.82, 2.24) is 4.98 Å². The van der Waals surface area contributed by atoms with Gasteiger partial charge in [0, 0.05) is 5.56 Å². The number of amides is 1. The van der Waals surface area contributed by atoms with Gasteiger partial charge in [0.05, 0.1) is 22.5 Å². The lowest BCUT2D eigenvalue weighted by Gasteiger charge is -2.01. The van der Waals surface area contributed by atoms with E-state index < -0.39 is 5.91 Å². The summed E-state index contributed by atoms with van der Waals surface area (Å²) in [6, 6.07) is 14.9. The number of carbonyl (C=O) groups excluding carboxylic acids is 1. The number of halogens is 1. The molecule has 1 aliphatic heterocycles. The third kappa shape index (κ3) is 2.05. The van der Waals surface area contributed by atoms with Crippen LogP contribution in [-0.4, -0.2) is 21.7 Å².